The SMILES string of the molecule is Cc1cc(OCC(=O)Nc2ccc3c(c2)oc2ccccc23)cc(C)c1Cl. The second kappa shape index (κ2) is 6.97. The number of ether oxygens (including phenoxy) is 1. The zero-order chi connectivity index (χ0) is 19.0. The van der Waals surface area contributed by atoms with Crippen LogP contribution in [-0.2, 0) is 4.79 Å². The van der Waals surface area contributed by atoms with E-state index in [9.17, 15) is 4.79 Å². The van der Waals surface area contributed by atoms with Gasteiger partial charge in [0.2, 0.25) is 0 Å². The molecule has 0 aliphatic rings. The Morgan fingerprint density at radius 1 is 1.00 bits per heavy atom. The Hall–Kier alpha value is -2.98. The first-order chi connectivity index (χ1) is 13.0. The lowest BCUT2D eigenvalue weighted by Crippen LogP contribution is -2.20. The normalized spacial score (nSPS) is 11.1. The lowest BCUT2D eigenvalue weighted by Gasteiger charge is -2.10. The average Bonchev–Trinajstić information content (AvgIpc) is 3.02. The van der Waals surface area contributed by atoms with E-state index in [0.29, 0.717) is 16.5 Å². The Balaban J connectivity index is 1.47. The number of nitrogens with one attached hydrogen (secondary N) is 1. The Kier molecular flexibility index (Phi) is 4.50. The van der Waals surface area contributed by atoms with E-state index in [1.165, 1.54) is 0 Å². The molecule has 5 heteroatoms. The standard InChI is InChI=1S/C22H18ClNO3/c1-13-9-16(10-14(2)22(13)23)26-12-21(25)24-15-7-8-18-17-5-3-4-6-19(17)27-20(18)11-15/h3-11H,12H2,1-2H3,(H,24,25). The third-order valence-corrected chi connectivity index (χ3v) is 5.04. The molecule has 4 aromatic rings. The summed E-state index contributed by atoms with van der Waals surface area (Å²) < 4.78 is 11.4. The highest BCUT2D eigenvalue weighted by atomic mass is 35.5. The average molecular weight is 380 g/mol. The third-order valence-electron chi connectivity index (χ3n) is 4.44. The predicted octanol–water partition coefficient (Wildman–Crippen LogP) is 5.87. The zero-order valence-electron chi connectivity index (χ0n) is 15.0. The minimum atomic E-state index is -0.240. The van der Waals surface area contributed by atoms with Crippen molar-refractivity contribution in [3.05, 3.63) is 70.7 Å². The highest BCUT2D eigenvalue weighted by Crippen LogP contribution is 2.30. The number of fused-ring (bicyclic) bond motifs is 3. The molecule has 27 heavy (non-hydrogen) atoms. The van der Waals surface area contributed by atoms with E-state index in [2.05, 4.69) is 5.32 Å². The lowest BCUT2D eigenvalue weighted by molar-refractivity contribution is -0.118. The second-order valence-electron chi connectivity index (χ2n) is 6.52. The molecular formula is C22H18ClNO3. The molecule has 4 nitrogen and oxygen atoms in total. The molecule has 0 bridgehead atoms. The van der Waals surface area contributed by atoms with E-state index in [4.69, 9.17) is 20.8 Å². The fraction of sp³-hybridized carbons (Fsp3) is 0.136. The first kappa shape index (κ1) is 17.4. The quantitative estimate of drug-likeness (QED) is 0.482. The Morgan fingerprint density at radius 3 is 2.48 bits per heavy atom. The van der Waals surface area contributed by atoms with Gasteiger partial charge >= 0.3 is 0 Å². The Morgan fingerprint density at radius 2 is 1.70 bits per heavy atom. The molecule has 1 heterocycles. The summed E-state index contributed by atoms with van der Waals surface area (Å²) in [6.45, 7) is 3.73. The van der Waals surface area contributed by atoms with Crippen molar-refractivity contribution < 1.29 is 13.9 Å². The third kappa shape index (κ3) is 3.49. The second-order valence-corrected chi connectivity index (χ2v) is 6.90. The van der Waals surface area contributed by atoms with E-state index in [0.717, 1.165) is 33.1 Å². The summed E-state index contributed by atoms with van der Waals surface area (Å²) in [5.74, 6) is 0.382. The molecule has 0 atom stereocenters. The summed E-state index contributed by atoms with van der Waals surface area (Å²) in [4.78, 5) is 12.2. The Bertz CT molecular complexity index is 1140. The van der Waals surface area contributed by atoms with E-state index in [1.807, 2.05) is 68.4 Å². The monoisotopic (exact) mass is 379 g/mol. The van der Waals surface area contributed by atoms with Crippen molar-refractivity contribution in [2.75, 3.05) is 11.9 Å². The zero-order valence-corrected chi connectivity index (χ0v) is 15.8. The van der Waals surface area contributed by atoms with Gasteiger partial charge in [-0.15, -0.1) is 0 Å². The number of furan rings is 1. The van der Waals surface area contributed by atoms with Crippen molar-refractivity contribution in [1.29, 1.82) is 0 Å². The van der Waals surface area contributed by atoms with Crippen molar-refractivity contribution in [3.63, 3.8) is 0 Å². The van der Waals surface area contributed by atoms with Gasteiger partial charge in [0, 0.05) is 27.5 Å². The summed E-state index contributed by atoms with van der Waals surface area (Å²) in [5.41, 5.74) is 4.06. The maximum atomic E-state index is 12.2. The van der Waals surface area contributed by atoms with Gasteiger partial charge in [-0.25, -0.2) is 0 Å². The number of amides is 1. The number of benzene rings is 3. The summed E-state index contributed by atoms with van der Waals surface area (Å²) in [6, 6.07) is 17.1. The number of hydrogen-bond acceptors (Lipinski definition) is 3. The molecule has 0 aliphatic carbocycles. The Labute approximate surface area is 161 Å². The molecule has 0 radical (unpaired) electrons. The van der Waals surface area contributed by atoms with Gasteiger partial charge in [0.25, 0.3) is 5.91 Å². The molecule has 0 saturated carbocycles. The minimum Gasteiger partial charge on any atom is -0.484 e. The van der Waals surface area contributed by atoms with Gasteiger partial charge in [-0.05, 0) is 55.3 Å². The van der Waals surface area contributed by atoms with Gasteiger partial charge in [0.1, 0.15) is 16.9 Å². The molecule has 4 rings (SSSR count). The molecule has 1 amide bonds. The summed E-state index contributed by atoms with van der Waals surface area (Å²) >= 11 is 6.15. The molecule has 136 valence electrons. The van der Waals surface area contributed by atoms with Crippen LogP contribution in [0.15, 0.2) is 59.0 Å². The number of para-hydroxylation sites is 1. The van der Waals surface area contributed by atoms with Crippen LogP contribution >= 0.6 is 11.6 Å². The van der Waals surface area contributed by atoms with Gasteiger partial charge in [0.05, 0.1) is 0 Å². The van der Waals surface area contributed by atoms with Crippen LogP contribution in [0.3, 0.4) is 0 Å². The van der Waals surface area contributed by atoms with Crippen molar-refractivity contribution in [1.82, 2.24) is 0 Å². The largest absolute Gasteiger partial charge is 0.484 e. The van der Waals surface area contributed by atoms with Gasteiger partial charge in [-0.1, -0.05) is 29.8 Å². The molecule has 0 fully saturated rings. The smallest absolute Gasteiger partial charge is 0.262 e. The molecule has 3 aromatic carbocycles. The van der Waals surface area contributed by atoms with Crippen LogP contribution in [0.2, 0.25) is 5.02 Å². The van der Waals surface area contributed by atoms with Crippen LogP contribution in [-0.4, -0.2) is 12.5 Å². The van der Waals surface area contributed by atoms with Crippen LogP contribution < -0.4 is 10.1 Å². The maximum absolute atomic E-state index is 12.2. The molecule has 0 saturated heterocycles. The fourth-order valence-corrected chi connectivity index (χ4v) is 3.25. The van der Waals surface area contributed by atoms with Gasteiger partial charge in [0.15, 0.2) is 6.61 Å². The van der Waals surface area contributed by atoms with Crippen molar-refractivity contribution in [2.45, 2.75) is 13.8 Å². The van der Waals surface area contributed by atoms with Crippen LogP contribution in [0.4, 0.5) is 5.69 Å². The first-order valence-corrected chi connectivity index (χ1v) is 9.00. The molecule has 0 aliphatic heterocycles. The fourth-order valence-electron chi connectivity index (χ4n) is 3.14. The summed E-state index contributed by atoms with van der Waals surface area (Å²) in [5, 5.41) is 5.63. The van der Waals surface area contributed by atoms with E-state index >= 15 is 0 Å². The van der Waals surface area contributed by atoms with Gasteiger partial charge in [-0.2, -0.15) is 0 Å². The summed E-state index contributed by atoms with van der Waals surface area (Å²) in [6.07, 6.45) is 0. The lowest BCUT2D eigenvalue weighted by atomic mass is 10.1. The highest BCUT2D eigenvalue weighted by molar-refractivity contribution is 6.32. The molecule has 0 unspecified atom stereocenters. The predicted molar refractivity (Wildman–Crippen MR) is 109 cm³/mol. The van der Waals surface area contributed by atoms with Gasteiger partial charge in [-0.3, -0.25) is 4.79 Å². The van der Waals surface area contributed by atoms with Crippen molar-refractivity contribution in [3.8, 4) is 5.75 Å². The summed E-state index contributed by atoms with van der Waals surface area (Å²) in [7, 11) is 0. The van der Waals surface area contributed by atoms with Crippen LogP contribution in [0.1, 0.15) is 11.1 Å². The molecular weight excluding hydrogens is 362 g/mol. The van der Waals surface area contributed by atoms with Gasteiger partial charge < -0.3 is 14.5 Å². The van der Waals surface area contributed by atoms with Crippen LogP contribution in [0.5, 0.6) is 5.75 Å². The highest BCUT2D eigenvalue weighted by Gasteiger charge is 2.10. The van der Waals surface area contributed by atoms with E-state index < -0.39 is 0 Å². The topological polar surface area (TPSA) is 51.5 Å². The van der Waals surface area contributed by atoms with E-state index in [1.54, 1.807) is 0 Å². The molecule has 1 N–H and O–H groups in total. The number of hydrogen-bond donors (Lipinski definition) is 1. The van der Waals surface area contributed by atoms with Crippen molar-refractivity contribution in [2.24, 2.45) is 0 Å². The van der Waals surface area contributed by atoms with Crippen LogP contribution in [0, 0.1) is 13.8 Å². The molecule has 1 aromatic heterocycles. The molecule has 0 spiro atoms. The minimum absolute atomic E-state index is 0.0846. The van der Waals surface area contributed by atoms with Crippen molar-refractivity contribution >= 4 is 45.1 Å². The number of aryl methyl sites for hydroxylation is 2. The number of anilines is 1. The first-order valence-electron chi connectivity index (χ1n) is 8.62. The maximum Gasteiger partial charge on any atom is 0.262 e. The van der Waals surface area contributed by atoms with E-state index in [-0.39, 0.29) is 12.5 Å². The number of carbonyl (C=O) groups excluding carboxylic acids is 1. The number of rotatable bonds is 4. The number of halogens is 1. The number of carbonyl (C=O) groups is 1. The van der Waals surface area contributed by atoms with Crippen LogP contribution in [0.25, 0.3) is 21.9 Å².